The average molecular weight is 395 g/mol. The van der Waals surface area contributed by atoms with Crippen molar-refractivity contribution in [1.29, 1.82) is 0 Å². The van der Waals surface area contributed by atoms with Gasteiger partial charge in [0.05, 0.1) is 23.5 Å². The Bertz CT molecular complexity index is 735. The summed E-state index contributed by atoms with van der Waals surface area (Å²) in [5.41, 5.74) is 0.0247. The van der Waals surface area contributed by atoms with Gasteiger partial charge in [0.25, 0.3) is 5.91 Å². The lowest BCUT2D eigenvalue weighted by Gasteiger charge is -2.35. The van der Waals surface area contributed by atoms with Crippen molar-refractivity contribution in [3.8, 4) is 0 Å². The molecule has 7 nitrogen and oxygen atoms in total. The van der Waals surface area contributed by atoms with Crippen molar-refractivity contribution < 1.29 is 31.2 Å². The molecule has 0 aliphatic carbocycles. The van der Waals surface area contributed by atoms with Gasteiger partial charge in [0.2, 0.25) is 5.91 Å². The number of alkyl halides is 3. The molecule has 0 bridgehead atoms. The van der Waals surface area contributed by atoms with Gasteiger partial charge in [-0.3, -0.25) is 9.59 Å². The Morgan fingerprint density at radius 1 is 1.19 bits per heavy atom. The zero-order chi connectivity index (χ0) is 19.1. The van der Waals surface area contributed by atoms with E-state index in [4.69, 9.17) is 0 Å². The fourth-order valence-corrected chi connectivity index (χ4v) is 5.28. The quantitative estimate of drug-likeness (QED) is 0.697. The Morgan fingerprint density at radius 3 is 2.54 bits per heavy atom. The third-order valence-corrected chi connectivity index (χ3v) is 6.78. The maximum absolute atomic E-state index is 12.9. The number of piperidine rings is 1. The second kappa shape index (κ2) is 6.82. The van der Waals surface area contributed by atoms with Crippen LogP contribution in [0, 0.1) is 5.92 Å². The first kappa shape index (κ1) is 19.1. The van der Waals surface area contributed by atoms with Crippen molar-refractivity contribution in [2.24, 2.45) is 11.0 Å². The molecule has 0 spiro atoms. The molecule has 3 aliphatic heterocycles. The van der Waals surface area contributed by atoms with Gasteiger partial charge in [-0.15, -0.1) is 0 Å². The Kier molecular flexibility index (Phi) is 5.02. The van der Waals surface area contributed by atoms with E-state index < -0.39 is 40.4 Å². The first-order valence-electron chi connectivity index (χ1n) is 8.53. The molecule has 26 heavy (non-hydrogen) atoms. The van der Waals surface area contributed by atoms with Gasteiger partial charge in [-0.2, -0.15) is 18.3 Å². The Balaban J connectivity index is 1.74. The van der Waals surface area contributed by atoms with Crippen molar-refractivity contribution in [2.75, 3.05) is 24.6 Å². The van der Waals surface area contributed by atoms with Crippen molar-refractivity contribution in [1.82, 2.24) is 9.91 Å². The summed E-state index contributed by atoms with van der Waals surface area (Å²) in [6.07, 6.45) is -3.80. The minimum Gasteiger partial charge on any atom is -0.337 e. The Morgan fingerprint density at radius 2 is 1.92 bits per heavy atom. The number of hydrogen-bond acceptors (Lipinski definition) is 5. The summed E-state index contributed by atoms with van der Waals surface area (Å²) in [7, 11) is -3.23. The van der Waals surface area contributed by atoms with E-state index in [1.807, 2.05) is 0 Å². The van der Waals surface area contributed by atoms with Gasteiger partial charge in [0, 0.05) is 25.9 Å². The van der Waals surface area contributed by atoms with Gasteiger partial charge in [0.1, 0.15) is 5.71 Å². The topological polar surface area (TPSA) is 87.1 Å². The molecule has 2 fully saturated rings. The molecule has 2 amide bonds. The van der Waals surface area contributed by atoms with Gasteiger partial charge < -0.3 is 4.90 Å². The maximum Gasteiger partial charge on any atom is 0.393 e. The number of rotatable bonds is 2. The largest absolute Gasteiger partial charge is 0.393 e. The summed E-state index contributed by atoms with van der Waals surface area (Å²) in [5.74, 6) is -2.77. The van der Waals surface area contributed by atoms with E-state index in [0.29, 0.717) is 0 Å². The highest BCUT2D eigenvalue weighted by Crippen LogP contribution is 2.33. The van der Waals surface area contributed by atoms with E-state index in [1.165, 1.54) is 0 Å². The lowest BCUT2D eigenvalue weighted by molar-refractivity contribution is -0.187. The average Bonchev–Trinajstić information content (AvgIpc) is 2.94. The minimum atomic E-state index is -4.35. The number of carbonyl (C=O) groups is 2. The van der Waals surface area contributed by atoms with Crippen LogP contribution in [0.2, 0.25) is 0 Å². The third kappa shape index (κ3) is 4.02. The van der Waals surface area contributed by atoms with Crippen LogP contribution >= 0.6 is 0 Å². The summed E-state index contributed by atoms with van der Waals surface area (Å²) < 4.78 is 62.0. The molecular weight excluding hydrogens is 375 g/mol. The van der Waals surface area contributed by atoms with Crippen LogP contribution < -0.4 is 0 Å². The van der Waals surface area contributed by atoms with Gasteiger partial charge in [-0.05, 0) is 19.3 Å². The number of nitrogens with zero attached hydrogens (tertiary/aromatic N) is 3. The van der Waals surface area contributed by atoms with Crippen LogP contribution in [-0.4, -0.2) is 72.7 Å². The van der Waals surface area contributed by atoms with Gasteiger partial charge in [0.15, 0.2) is 9.84 Å². The van der Waals surface area contributed by atoms with E-state index >= 15 is 0 Å². The fourth-order valence-electron chi connectivity index (χ4n) is 3.59. The first-order valence-corrected chi connectivity index (χ1v) is 10.3. The number of likely N-dealkylation sites (tertiary alicyclic amines) is 1. The van der Waals surface area contributed by atoms with Crippen molar-refractivity contribution in [3.05, 3.63) is 0 Å². The van der Waals surface area contributed by atoms with Crippen molar-refractivity contribution in [3.63, 3.8) is 0 Å². The Labute approximate surface area is 149 Å². The highest BCUT2D eigenvalue weighted by molar-refractivity contribution is 7.91. The number of amides is 2. The molecule has 0 aromatic heterocycles. The fraction of sp³-hybridized carbons (Fsp3) is 0.800. The lowest BCUT2D eigenvalue weighted by Crippen LogP contribution is -2.49. The van der Waals surface area contributed by atoms with Crippen LogP contribution in [0.3, 0.4) is 0 Å². The first-order chi connectivity index (χ1) is 12.1. The van der Waals surface area contributed by atoms with Crippen LogP contribution in [0.15, 0.2) is 5.10 Å². The molecule has 0 aromatic rings. The molecule has 3 aliphatic rings. The van der Waals surface area contributed by atoms with E-state index in [9.17, 15) is 31.2 Å². The standard InChI is InChI=1S/C15H20F3N3O4S/c16-15(17,18)10-2-1-6-20(8-10)14(23)12-3-4-13(22)21(19-12)11-5-7-26(24,25)9-11/h10-11H,1-9H2/t10-,11-/m1/s1. The van der Waals surface area contributed by atoms with Crippen LogP contribution in [0.5, 0.6) is 0 Å². The molecule has 3 rings (SSSR count). The normalized spacial score (nSPS) is 29.7. The van der Waals surface area contributed by atoms with E-state index in [-0.39, 0.29) is 61.8 Å². The van der Waals surface area contributed by atoms with E-state index in [1.54, 1.807) is 0 Å². The summed E-state index contributed by atoms with van der Waals surface area (Å²) in [4.78, 5) is 25.8. The summed E-state index contributed by atoms with van der Waals surface area (Å²) >= 11 is 0. The van der Waals surface area contributed by atoms with Crippen LogP contribution in [0.4, 0.5) is 13.2 Å². The molecule has 0 aromatic carbocycles. The maximum atomic E-state index is 12.9. The second-order valence-corrected chi connectivity index (χ2v) is 9.20. The van der Waals surface area contributed by atoms with Crippen molar-refractivity contribution in [2.45, 2.75) is 44.3 Å². The molecule has 146 valence electrons. The highest BCUT2D eigenvalue weighted by Gasteiger charge is 2.44. The van der Waals surface area contributed by atoms with Crippen LogP contribution in [-0.2, 0) is 19.4 Å². The predicted molar refractivity (Wildman–Crippen MR) is 85.9 cm³/mol. The number of halogens is 3. The lowest BCUT2D eigenvalue weighted by atomic mass is 9.96. The highest BCUT2D eigenvalue weighted by atomic mass is 32.2. The molecule has 0 radical (unpaired) electrons. The summed E-state index contributed by atoms with van der Waals surface area (Å²) in [6, 6.07) is -0.611. The second-order valence-electron chi connectivity index (χ2n) is 6.97. The minimum absolute atomic E-state index is 0.00232. The van der Waals surface area contributed by atoms with Crippen LogP contribution in [0.25, 0.3) is 0 Å². The molecule has 11 heteroatoms. The zero-order valence-electron chi connectivity index (χ0n) is 14.0. The van der Waals surface area contributed by atoms with E-state index in [0.717, 1.165) is 9.91 Å². The third-order valence-electron chi connectivity index (χ3n) is 5.03. The van der Waals surface area contributed by atoms with Gasteiger partial charge in [-0.1, -0.05) is 0 Å². The molecule has 0 saturated carbocycles. The monoisotopic (exact) mass is 395 g/mol. The SMILES string of the molecule is O=C(C1=NN([C@@H]2CCS(=O)(=O)C2)C(=O)CC1)N1CCC[C@@H](C(F)(F)F)C1. The molecular formula is C15H20F3N3O4S. The number of hydrazone groups is 1. The smallest absolute Gasteiger partial charge is 0.337 e. The van der Waals surface area contributed by atoms with Gasteiger partial charge in [-0.25, -0.2) is 13.4 Å². The number of carbonyl (C=O) groups excluding carboxylic acids is 2. The molecule has 0 N–H and O–H groups in total. The van der Waals surface area contributed by atoms with Gasteiger partial charge >= 0.3 is 6.18 Å². The van der Waals surface area contributed by atoms with Crippen molar-refractivity contribution >= 4 is 27.4 Å². The predicted octanol–water partition coefficient (Wildman–Crippen LogP) is 0.953. The molecule has 2 atom stereocenters. The summed E-state index contributed by atoms with van der Waals surface area (Å²) in [6.45, 7) is -0.191. The number of sulfone groups is 1. The molecule has 0 unspecified atom stereocenters. The molecule has 3 heterocycles. The molecule has 2 saturated heterocycles. The van der Waals surface area contributed by atoms with E-state index in [2.05, 4.69) is 5.10 Å². The zero-order valence-corrected chi connectivity index (χ0v) is 14.9. The summed E-state index contributed by atoms with van der Waals surface area (Å²) in [5, 5.41) is 5.08. The Hall–Kier alpha value is -1.65. The number of hydrogen-bond donors (Lipinski definition) is 0. The van der Waals surface area contributed by atoms with Crippen LogP contribution in [0.1, 0.15) is 32.1 Å².